The zero-order valence-corrected chi connectivity index (χ0v) is 14.9. The molecule has 1 saturated heterocycles. The van der Waals surface area contributed by atoms with Crippen molar-refractivity contribution in [3.05, 3.63) is 59.9 Å². The van der Waals surface area contributed by atoms with Crippen LogP contribution >= 0.6 is 0 Å². The van der Waals surface area contributed by atoms with Crippen LogP contribution in [0.4, 0.5) is 11.5 Å². The van der Waals surface area contributed by atoms with Crippen LogP contribution in [-0.2, 0) is 0 Å². The van der Waals surface area contributed by atoms with Crippen LogP contribution in [0.1, 0.15) is 35.2 Å². The van der Waals surface area contributed by atoms with E-state index in [1.165, 1.54) is 19.3 Å². The molecule has 26 heavy (non-hydrogen) atoms. The Morgan fingerprint density at radius 1 is 1.00 bits per heavy atom. The lowest BCUT2D eigenvalue weighted by molar-refractivity contribution is 0.102. The molecule has 3 aromatic rings. The van der Waals surface area contributed by atoms with Gasteiger partial charge in [-0.05, 0) is 56.5 Å². The topological polar surface area (TPSA) is 58.1 Å². The van der Waals surface area contributed by atoms with Gasteiger partial charge in [-0.25, -0.2) is 9.97 Å². The van der Waals surface area contributed by atoms with E-state index in [0.717, 1.165) is 41.1 Å². The highest BCUT2D eigenvalue weighted by molar-refractivity contribution is 6.05. The molecule has 5 nitrogen and oxygen atoms in total. The number of nitrogens with one attached hydrogen (secondary N) is 1. The Morgan fingerprint density at radius 3 is 2.54 bits per heavy atom. The monoisotopic (exact) mass is 346 g/mol. The molecular weight excluding hydrogens is 324 g/mol. The molecule has 0 unspecified atom stereocenters. The van der Waals surface area contributed by atoms with Crippen LogP contribution < -0.4 is 10.2 Å². The molecule has 1 aliphatic heterocycles. The van der Waals surface area contributed by atoms with E-state index in [1.54, 1.807) is 6.33 Å². The summed E-state index contributed by atoms with van der Waals surface area (Å²) in [5, 5.41) is 3.97. The maximum atomic E-state index is 12.5. The second-order valence-corrected chi connectivity index (χ2v) is 6.80. The third kappa shape index (κ3) is 3.38. The highest BCUT2D eigenvalue weighted by Gasteiger charge is 2.16. The van der Waals surface area contributed by atoms with Gasteiger partial charge in [-0.1, -0.05) is 17.7 Å². The Morgan fingerprint density at radius 2 is 1.77 bits per heavy atom. The maximum absolute atomic E-state index is 12.5. The number of piperidine rings is 1. The third-order valence-electron chi connectivity index (χ3n) is 4.84. The van der Waals surface area contributed by atoms with Crippen molar-refractivity contribution in [3.63, 3.8) is 0 Å². The van der Waals surface area contributed by atoms with Gasteiger partial charge < -0.3 is 10.2 Å². The molecule has 2 aromatic carbocycles. The van der Waals surface area contributed by atoms with Crippen molar-refractivity contribution < 1.29 is 4.79 Å². The van der Waals surface area contributed by atoms with Gasteiger partial charge in [0.25, 0.3) is 5.91 Å². The van der Waals surface area contributed by atoms with Crippen molar-refractivity contribution in [1.29, 1.82) is 0 Å². The summed E-state index contributed by atoms with van der Waals surface area (Å²) in [6, 6.07) is 13.4. The van der Waals surface area contributed by atoms with Crippen LogP contribution in [0.25, 0.3) is 10.9 Å². The van der Waals surface area contributed by atoms with E-state index in [1.807, 2.05) is 49.4 Å². The number of hydrogen-bond acceptors (Lipinski definition) is 4. The van der Waals surface area contributed by atoms with Gasteiger partial charge in [0.2, 0.25) is 0 Å². The summed E-state index contributed by atoms with van der Waals surface area (Å²) in [6.45, 7) is 4.05. The van der Waals surface area contributed by atoms with Gasteiger partial charge in [0.1, 0.15) is 12.1 Å². The van der Waals surface area contributed by atoms with Crippen LogP contribution in [0.5, 0.6) is 0 Å². The average molecular weight is 346 g/mol. The Labute approximate surface area is 153 Å². The average Bonchev–Trinajstić information content (AvgIpc) is 2.68. The molecule has 4 rings (SSSR count). The first-order valence-electron chi connectivity index (χ1n) is 9.08. The zero-order chi connectivity index (χ0) is 17.9. The first-order valence-corrected chi connectivity index (χ1v) is 9.08. The van der Waals surface area contributed by atoms with E-state index in [0.29, 0.717) is 5.56 Å². The van der Waals surface area contributed by atoms with Crippen molar-refractivity contribution >= 4 is 28.3 Å². The number of amides is 1. The number of aromatic nitrogens is 2. The minimum absolute atomic E-state index is 0.110. The molecule has 0 spiro atoms. The number of benzene rings is 2. The molecule has 0 saturated carbocycles. The smallest absolute Gasteiger partial charge is 0.255 e. The fraction of sp³-hybridized carbons (Fsp3) is 0.286. The minimum atomic E-state index is -0.110. The quantitative estimate of drug-likeness (QED) is 0.773. The Balaban J connectivity index is 1.63. The van der Waals surface area contributed by atoms with Crippen molar-refractivity contribution in [3.8, 4) is 0 Å². The van der Waals surface area contributed by atoms with Crippen molar-refractivity contribution in [1.82, 2.24) is 9.97 Å². The van der Waals surface area contributed by atoms with Crippen LogP contribution in [-0.4, -0.2) is 29.0 Å². The van der Waals surface area contributed by atoms with Crippen LogP contribution in [0, 0.1) is 6.92 Å². The summed E-state index contributed by atoms with van der Waals surface area (Å²) in [7, 11) is 0. The van der Waals surface area contributed by atoms with Crippen molar-refractivity contribution in [2.24, 2.45) is 0 Å². The van der Waals surface area contributed by atoms with Gasteiger partial charge in [0.05, 0.1) is 5.52 Å². The summed E-state index contributed by atoms with van der Waals surface area (Å²) in [5.74, 6) is 0.849. The van der Waals surface area contributed by atoms with Gasteiger partial charge >= 0.3 is 0 Å². The molecule has 1 N–H and O–H groups in total. The minimum Gasteiger partial charge on any atom is -0.356 e. The standard InChI is InChI=1S/C21H22N4O/c1-15-5-7-16(8-6-15)21(26)24-17-9-10-19-18(13-17)20(23-14-22-19)25-11-3-2-4-12-25/h5-10,13-14H,2-4,11-12H2,1H3,(H,24,26). The summed E-state index contributed by atoms with van der Waals surface area (Å²) in [6.07, 6.45) is 5.28. The molecule has 1 aliphatic rings. The van der Waals surface area contributed by atoms with Gasteiger partial charge in [-0.2, -0.15) is 0 Å². The SMILES string of the molecule is Cc1ccc(C(=O)Nc2ccc3ncnc(N4CCCCC4)c3c2)cc1. The number of carbonyl (C=O) groups excluding carboxylic acids is 1. The fourth-order valence-corrected chi connectivity index (χ4v) is 3.39. The molecule has 0 aliphatic carbocycles. The molecule has 5 heteroatoms. The second-order valence-electron chi connectivity index (χ2n) is 6.80. The summed E-state index contributed by atoms with van der Waals surface area (Å²) in [4.78, 5) is 23.7. The Kier molecular flexibility index (Phi) is 4.52. The molecule has 1 amide bonds. The normalized spacial score (nSPS) is 14.4. The number of fused-ring (bicyclic) bond motifs is 1. The lowest BCUT2D eigenvalue weighted by Gasteiger charge is -2.28. The van der Waals surface area contributed by atoms with Gasteiger partial charge in [-0.3, -0.25) is 4.79 Å². The van der Waals surface area contributed by atoms with E-state index >= 15 is 0 Å². The predicted octanol–water partition coefficient (Wildman–Crippen LogP) is 4.18. The fourth-order valence-electron chi connectivity index (χ4n) is 3.39. The van der Waals surface area contributed by atoms with Crippen molar-refractivity contribution in [2.45, 2.75) is 26.2 Å². The molecule has 0 atom stereocenters. The largest absolute Gasteiger partial charge is 0.356 e. The Bertz CT molecular complexity index is 930. The van der Waals surface area contributed by atoms with Crippen LogP contribution in [0.2, 0.25) is 0 Å². The predicted molar refractivity (Wildman–Crippen MR) is 105 cm³/mol. The number of carbonyl (C=O) groups is 1. The molecule has 1 aromatic heterocycles. The first-order chi connectivity index (χ1) is 12.7. The number of hydrogen-bond donors (Lipinski definition) is 1. The molecule has 2 heterocycles. The lowest BCUT2D eigenvalue weighted by atomic mass is 10.1. The van der Waals surface area contributed by atoms with Gasteiger partial charge in [0, 0.05) is 29.7 Å². The number of rotatable bonds is 3. The highest BCUT2D eigenvalue weighted by atomic mass is 16.1. The molecular formula is C21H22N4O. The molecule has 1 fully saturated rings. The Hall–Kier alpha value is -2.95. The van der Waals surface area contributed by atoms with E-state index in [-0.39, 0.29) is 5.91 Å². The van der Waals surface area contributed by atoms with Gasteiger partial charge in [0.15, 0.2) is 0 Å². The first kappa shape index (κ1) is 16.5. The lowest BCUT2D eigenvalue weighted by Crippen LogP contribution is -2.30. The number of anilines is 2. The van der Waals surface area contributed by atoms with E-state index in [2.05, 4.69) is 20.2 Å². The van der Waals surface area contributed by atoms with E-state index in [9.17, 15) is 4.79 Å². The highest BCUT2D eigenvalue weighted by Crippen LogP contribution is 2.28. The van der Waals surface area contributed by atoms with Crippen LogP contribution in [0.3, 0.4) is 0 Å². The summed E-state index contributed by atoms with van der Waals surface area (Å²) in [5.41, 5.74) is 3.44. The zero-order valence-electron chi connectivity index (χ0n) is 14.9. The molecule has 0 radical (unpaired) electrons. The molecule has 132 valence electrons. The van der Waals surface area contributed by atoms with Crippen LogP contribution in [0.15, 0.2) is 48.8 Å². The third-order valence-corrected chi connectivity index (χ3v) is 4.84. The van der Waals surface area contributed by atoms with Gasteiger partial charge in [-0.15, -0.1) is 0 Å². The summed E-state index contributed by atoms with van der Waals surface area (Å²) >= 11 is 0. The van der Waals surface area contributed by atoms with Crippen molar-refractivity contribution in [2.75, 3.05) is 23.3 Å². The van der Waals surface area contributed by atoms with E-state index in [4.69, 9.17) is 0 Å². The maximum Gasteiger partial charge on any atom is 0.255 e. The molecule has 0 bridgehead atoms. The second kappa shape index (κ2) is 7.12. The number of nitrogens with zero attached hydrogens (tertiary/aromatic N) is 3. The summed E-state index contributed by atoms with van der Waals surface area (Å²) < 4.78 is 0. The van der Waals surface area contributed by atoms with E-state index < -0.39 is 0 Å². The number of aryl methyl sites for hydroxylation is 1.